The van der Waals surface area contributed by atoms with E-state index < -0.39 is 0 Å². The average molecular weight is 255 g/mol. The summed E-state index contributed by atoms with van der Waals surface area (Å²) in [7, 11) is 0. The van der Waals surface area contributed by atoms with Crippen LogP contribution in [0.3, 0.4) is 0 Å². The molecule has 0 atom stereocenters. The highest BCUT2D eigenvalue weighted by molar-refractivity contribution is 6.42. The van der Waals surface area contributed by atoms with Gasteiger partial charge in [-0.15, -0.1) is 0 Å². The molecule has 1 heterocycles. The van der Waals surface area contributed by atoms with Gasteiger partial charge in [-0.25, -0.2) is 0 Å². The van der Waals surface area contributed by atoms with E-state index in [1.54, 1.807) is 6.07 Å². The summed E-state index contributed by atoms with van der Waals surface area (Å²) in [6, 6.07) is 9.63. The summed E-state index contributed by atoms with van der Waals surface area (Å²) in [4.78, 5) is 0. The average Bonchev–Trinajstić information content (AvgIpc) is 2.71. The number of halogens is 2. The van der Waals surface area contributed by atoms with E-state index in [2.05, 4.69) is 10.6 Å². The quantitative estimate of drug-likeness (QED) is 0.896. The lowest BCUT2D eigenvalue weighted by Gasteiger charge is -2.09. The topological polar surface area (TPSA) is 30.9 Å². The highest BCUT2D eigenvalue weighted by atomic mass is 35.5. The first-order valence-corrected chi connectivity index (χ1v) is 5.79. The molecule has 0 amide bonds. The zero-order valence-corrected chi connectivity index (χ0v) is 10.2. The van der Waals surface area contributed by atoms with Crippen molar-refractivity contribution in [1.82, 2.24) is 4.57 Å². The fourth-order valence-corrected chi connectivity index (χ4v) is 1.95. The van der Waals surface area contributed by atoms with Crippen molar-refractivity contribution in [2.75, 3.05) is 6.54 Å². The molecule has 2 aromatic rings. The highest BCUT2D eigenvalue weighted by Crippen LogP contribution is 2.25. The van der Waals surface area contributed by atoms with Crippen molar-refractivity contribution in [1.29, 1.82) is 0 Å². The van der Waals surface area contributed by atoms with Gasteiger partial charge in [0.25, 0.3) is 0 Å². The fourth-order valence-electron chi connectivity index (χ4n) is 1.65. The Bertz CT molecular complexity index is 492. The molecule has 0 spiro atoms. The number of nitrogens with zero attached hydrogens (tertiary/aromatic N) is 1. The van der Waals surface area contributed by atoms with Crippen LogP contribution in [0.5, 0.6) is 0 Å². The van der Waals surface area contributed by atoms with Crippen LogP contribution in [-0.2, 0) is 6.42 Å². The predicted octanol–water partition coefficient (Wildman–Crippen LogP) is 3.29. The van der Waals surface area contributed by atoms with Gasteiger partial charge in [-0.05, 0) is 36.9 Å². The number of nitrogens with two attached hydrogens (primary N) is 1. The normalized spacial score (nSPS) is 10.7. The van der Waals surface area contributed by atoms with Gasteiger partial charge >= 0.3 is 0 Å². The van der Waals surface area contributed by atoms with Gasteiger partial charge in [-0.2, -0.15) is 0 Å². The van der Waals surface area contributed by atoms with Gasteiger partial charge < -0.3 is 10.3 Å². The predicted molar refractivity (Wildman–Crippen MR) is 68.5 cm³/mol. The van der Waals surface area contributed by atoms with Gasteiger partial charge in [0, 0.05) is 24.0 Å². The second kappa shape index (κ2) is 4.91. The van der Waals surface area contributed by atoms with Crippen molar-refractivity contribution >= 4 is 23.2 Å². The fraction of sp³-hybridized carbons (Fsp3) is 0.167. The molecule has 2 N–H and O–H groups in total. The van der Waals surface area contributed by atoms with Crippen molar-refractivity contribution in [3.8, 4) is 5.69 Å². The second-order valence-corrected chi connectivity index (χ2v) is 4.32. The summed E-state index contributed by atoms with van der Waals surface area (Å²) in [5, 5.41) is 1.13. The third kappa shape index (κ3) is 2.24. The number of aromatic nitrogens is 1. The molecule has 1 aromatic carbocycles. The van der Waals surface area contributed by atoms with Crippen LogP contribution in [0.25, 0.3) is 5.69 Å². The van der Waals surface area contributed by atoms with E-state index in [0.29, 0.717) is 16.6 Å². The lowest BCUT2D eigenvalue weighted by Crippen LogP contribution is -2.07. The lowest BCUT2D eigenvalue weighted by atomic mass is 10.2. The van der Waals surface area contributed by atoms with Crippen LogP contribution < -0.4 is 5.73 Å². The molecule has 2 rings (SSSR count). The molecule has 0 aliphatic heterocycles. The summed E-state index contributed by atoms with van der Waals surface area (Å²) in [5.41, 5.74) is 7.73. The molecule has 0 bridgehead atoms. The van der Waals surface area contributed by atoms with Crippen LogP contribution in [0, 0.1) is 0 Å². The Morgan fingerprint density at radius 2 is 1.94 bits per heavy atom. The molecule has 0 aliphatic rings. The summed E-state index contributed by atoms with van der Waals surface area (Å²) >= 11 is 11.9. The van der Waals surface area contributed by atoms with Crippen LogP contribution in [0.4, 0.5) is 0 Å². The van der Waals surface area contributed by atoms with E-state index in [1.807, 2.05) is 24.4 Å². The number of hydrogen-bond donors (Lipinski definition) is 1. The van der Waals surface area contributed by atoms with Crippen LogP contribution in [0.1, 0.15) is 5.69 Å². The minimum Gasteiger partial charge on any atom is -0.330 e. The Morgan fingerprint density at radius 3 is 2.62 bits per heavy atom. The summed E-state index contributed by atoms with van der Waals surface area (Å²) in [6.45, 7) is 0.630. The van der Waals surface area contributed by atoms with Gasteiger partial charge in [-0.1, -0.05) is 23.2 Å². The standard InChI is InChI=1S/C12H12Cl2N2/c13-11-4-3-10(8-12(11)14)16-7-1-2-9(16)5-6-15/h1-4,7-8H,5-6,15H2. The monoisotopic (exact) mass is 254 g/mol. The minimum atomic E-state index is 0.562. The lowest BCUT2D eigenvalue weighted by molar-refractivity contribution is 0.874. The number of benzene rings is 1. The summed E-state index contributed by atoms with van der Waals surface area (Å²) in [5.74, 6) is 0. The molecule has 0 fully saturated rings. The zero-order chi connectivity index (χ0) is 11.5. The Balaban J connectivity index is 2.42. The van der Waals surface area contributed by atoms with E-state index in [4.69, 9.17) is 28.9 Å². The van der Waals surface area contributed by atoms with E-state index in [1.165, 1.54) is 5.69 Å². The molecule has 4 heteroatoms. The smallest absolute Gasteiger partial charge is 0.0613 e. The van der Waals surface area contributed by atoms with Crippen molar-refractivity contribution < 1.29 is 0 Å². The van der Waals surface area contributed by atoms with Crippen molar-refractivity contribution in [2.45, 2.75) is 6.42 Å². The first-order chi connectivity index (χ1) is 7.72. The first-order valence-electron chi connectivity index (χ1n) is 5.04. The van der Waals surface area contributed by atoms with E-state index in [-0.39, 0.29) is 0 Å². The molecule has 1 aromatic heterocycles. The highest BCUT2D eigenvalue weighted by Gasteiger charge is 2.04. The molecule has 2 nitrogen and oxygen atoms in total. The zero-order valence-electron chi connectivity index (χ0n) is 8.66. The molecule has 0 aliphatic carbocycles. The van der Waals surface area contributed by atoms with Gasteiger partial charge in [0.05, 0.1) is 10.0 Å². The Labute approximate surface area is 105 Å². The van der Waals surface area contributed by atoms with E-state index in [0.717, 1.165) is 12.1 Å². The van der Waals surface area contributed by atoms with E-state index in [9.17, 15) is 0 Å². The molecule has 84 valence electrons. The summed E-state index contributed by atoms with van der Waals surface area (Å²) in [6.07, 6.45) is 2.83. The molecule has 0 radical (unpaired) electrons. The molecule has 16 heavy (non-hydrogen) atoms. The first kappa shape index (κ1) is 11.5. The maximum absolute atomic E-state index is 5.99. The van der Waals surface area contributed by atoms with Gasteiger partial charge in [-0.3, -0.25) is 0 Å². The SMILES string of the molecule is NCCc1cccn1-c1ccc(Cl)c(Cl)c1. The Hall–Kier alpha value is -0.960. The van der Waals surface area contributed by atoms with Gasteiger partial charge in [0.1, 0.15) is 0 Å². The van der Waals surface area contributed by atoms with Gasteiger partial charge in [0.15, 0.2) is 0 Å². The molecular formula is C12H12Cl2N2. The maximum atomic E-state index is 5.99. The van der Waals surface area contributed by atoms with Gasteiger partial charge in [0.2, 0.25) is 0 Å². The largest absolute Gasteiger partial charge is 0.330 e. The van der Waals surface area contributed by atoms with Crippen molar-refractivity contribution in [3.05, 3.63) is 52.3 Å². The van der Waals surface area contributed by atoms with Crippen LogP contribution in [0.2, 0.25) is 10.0 Å². The second-order valence-electron chi connectivity index (χ2n) is 3.51. The van der Waals surface area contributed by atoms with Crippen LogP contribution in [-0.4, -0.2) is 11.1 Å². The third-order valence-corrected chi connectivity index (χ3v) is 3.15. The molecular weight excluding hydrogens is 243 g/mol. The molecule has 0 unspecified atom stereocenters. The number of rotatable bonds is 3. The molecule has 0 saturated heterocycles. The number of hydrogen-bond acceptors (Lipinski definition) is 1. The van der Waals surface area contributed by atoms with Crippen molar-refractivity contribution in [3.63, 3.8) is 0 Å². The molecule has 0 saturated carbocycles. The van der Waals surface area contributed by atoms with Crippen LogP contribution >= 0.6 is 23.2 Å². The maximum Gasteiger partial charge on any atom is 0.0613 e. The Kier molecular flexibility index (Phi) is 3.54. The van der Waals surface area contributed by atoms with Crippen LogP contribution in [0.15, 0.2) is 36.5 Å². The van der Waals surface area contributed by atoms with E-state index >= 15 is 0 Å². The minimum absolute atomic E-state index is 0.562. The third-order valence-electron chi connectivity index (χ3n) is 2.42. The summed E-state index contributed by atoms with van der Waals surface area (Å²) < 4.78 is 2.06. The Morgan fingerprint density at radius 1 is 1.12 bits per heavy atom. The van der Waals surface area contributed by atoms with Crippen molar-refractivity contribution in [2.24, 2.45) is 5.73 Å².